The highest BCUT2D eigenvalue weighted by atomic mass is 16.6. The molecule has 0 bridgehead atoms. The smallest absolute Gasteiger partial charge is 0.404 e. The Kier molecular flexibility index (Phi) is 7.15. The number of hydrogen-bond acceptors (Lipinski definition) is 6. The van der Waals surface area contributed by atoms with Gasteiger partial charge in [0.25, 0.3) is 5.91 Å². The third kappa shape index (κ3) is 5.98. The van der Waals surface area contributed by atoms with Gasteiger partial charge in [0.05, 0.1) is 23.9 Å². The van der Waals surface area contributed by atoms with Gasteiger partial charge in [-0.1, -0.05) is 32.9 Å². The lowest BCUT2D eigenvalue weighted by Gasteiger charge is -2.30. The lowest BCUT2D eigenvalue weighted by molar-refractivity contribution is 0.0240. The molecule has 1 aromatic heterocycles. The lowest BCUT2D eigenvalue weighted by atomic mass is 9.89. The van der Waals surface area contributed by atoms with Gasteiger partial charge in [0.15, 0.2) is 0 Å². The predicted octanol–water partition coefficient (Wildman–Crippen LogP) is 5.15. The van der Waals surface area contributed by atoms with Gasteiger partial charge in [-0.25, -0.2) is 9.78 Å². The Labute approximate surface area is 226 Å². The first-order chi connectivity index (χ1) is 18.7. The largest absolute Gasteiger partial charge is 0.491 e. The molecule has 1 aliphatic rings. The van der Waals surface area contributed by atoms with Crippen molar-refractivity contribution in [2.75, 3.05) is 19.8 Å². The number of ether oxygens (including phenoxy) is 3. The molecular weight excluding hydrogens is 496 g/mol. The van der Waals surface area contributed by atoms with Gasteiger partial charge in [-0.15, -0.1) is 0 Å². The number of primary amides is 1. The van der Waals surface area contributed by atoms with E-state index in [1.165, 1.54) is 0 Å². The van der Waals surface area contributed by atoms with Crippen LogP contribution >= 0.6 is 0 Å². The quantitative estimate of drug-likeness (QED) is 0.357. The topological polar surface area (TPSA) is 120 Å². The highest BCUT2D eigenvalue weighted by molar-refractivity contribution is 5.94. The summed E-state index contributed by atoms with van der Waals surface area (Å²) < 4.78 is 17.0. The normalized spacial score (nSPS) is 14.2. The van der Waals surface area contributed by atoms with Crippen LogP contribution in [0.2, 0.25) is 0 Å². The maximum atomic E-state index is 13.5. The van der Waals surface area contributed by atoms with Crippen molar-refractivity contribution < 1.29 is 23.8 Å². The van der Waals surface area contributed by atoms with Crippen LogP contribution in [0.5, 0.6) is 11.5 Å². The number of rotatable bonds is 6. The fourth-order valence-electron chi connectivity index (χ4n) is 4.50. The summed E-state index contributed by atoms with van der Waals surface area (Å²) in [7, 11) is 0. The number of nitrogens with two attached hydrogens (primary N) is 1. The summed E-state index contributed by atoms with van der Waals surface area (Å²) in [6, 6.07) is 19.2. The summed E-state index contributed by atoms with van der Waals surface area (Å²) in [5, 5.41) is 0. The second kappa shape index (κ2) is 10.7. The molecule has 4 aromatic rings. The Balaban J connectivity index is 1.31. The number of hydrogen-bond donors (Lipinski definition) is 2. The minimum absolute atomic E-state index is 0.0322. The number of nitrogens with zero attached hydrogens (tertiary/aromatic N) is 2. The molecule has 39 heavy (non-hydrogen) atoms. The van der Waals surface area contributed by atoms with Crippen LogP contribution in [-0.4, -0.2) is 52.7 Å². The van der Waals surface area contributed by atoms with Crippen LogP contribution in [0.25, 0.3) is 22.2 Å². The first-order valence-electron chi connectivity index (χ1n) is 12.8. The van der Waals surface area contributed by atoms with Gasteiger partial charge in [-0.2, -0.15) is 0 Å². The summed E-state index contributed by atoms with van der Waals surface area (Å²) in [5.74, 6) is 1.27. The SMILES string of the molecule is CC(C)(C)C(COC(N)=O)Oc1ccc(C(=O)N2CCOc3ccc(-c4ccc5nc[nH]c5c4)cc3C2)cc1. The second-order valence-electron chi connectivity index (χ2n) is 10.7. The first kappa shape index (κ1) is 26.1. The molecule has 1 atom stereocenters. The zero-order valence-corrected chi connectivity index (χ0v) is 22.3. The maximum Gasteiger partial charge on any atom is 0.404 e. The van der Waals surface area contributed by atoms with Gasteiger partial charge in [0, 0.05) is 23.1 Å². The molecule has 1 unspecified atom stereocenters. The molecule has 3 aromatic carbocycles. The Hall–Kier alpha value is -4.53. The van der Waals surface area contributed by atoms with E-state index in [2.05, 4.69) is 22.1 Å². The van der Waals surface area contributed by atoms with Gasteiger partial charge < -0.3 is 29.8 Å². The molecule has 0 fully saturated rings. The van der Waals surface area contributed by atoms with E-state index >= 15 is 0 Å². The number of H-pyrrole nitrogens is 1. The van der Waals surface area contributed by atoms with Crippen molar-refractivity contribution in [3.8, 4) is 22.6 Å². The monoisotopic (exact) mass is 528 g/mol. The van der Waals surface area contributed by atoms with E-state index in [1.807, 2.05) is 45.0 Å². The third-order valence-electron chi connectivity index (χ3n) is 6.80. The summed E-state index contributed by atoms with van der Waals surface area (Å²) in [6.07, 6.45) is 0.430. The maximum absolute atomic E-state index is 13.5. The average Bonchev–Trinajstić information content (AvgIpc) is 3.28. The standard InChI is InChI=1S/C30H32N4O5/c1-30(2,3)27(17-38-29(31)36)39-23-8-4-19(5-9-23)28(35)34-12-13-37-26-11-7-20(14-22(26)16-34)21-6-10-24-25(15-21)33-18-32-24/h4-11,14-15,18,27H,12-13,16-17H2,1-3H3,(H2,31,36)(H,32,33). The van der Waals surface area contributed by atoms with E-state index in [4.69, 9.17) is 19.9 Å². The van der Waals surface area contributed by atoms with Crippen LogP contribution in [0.15, 0.2) is 67.0 Å². The van der Waals surface area contributed by atoms with Gasteiger partial charge in [0.1, 0.15) is 30.8 Å². The van der Waals surface area contributed by atoms with E-state index < -0.39 is 12.2 Å². The number of nitrogens with one attached hydrogen (secondary N) is 1. The highest BCUT2D eigenvalue weighted by Gasteiger charge is 2.28. The molecule has 9 nitrogen and oxygen atoms in total. The van der Waals surface area contributed by atoms with Gasteiger partial charge in [0.2, 0.25) is 0 Å². The van der Waals surface area contributed by atoms with E-state index in [9.17, 15) is 9.59 Å². The van der Waals surface area contributed by atoms with Crippen molar-refractivity contribution in [2.24, 2.45) is 11.1 Å². The Bertz CT molecular complexity index is 1490. The van der Waals surface area contributed by atoms with Crippen molar-refractivity contribution >= 4 is 23.0 Å². The average molecular weight is 529 g/mol. The van der Waals surface area contributed by atoms with E-state index in [-0.39, 0.29) is 17.9 Å². The minimum atomic E-state index is -0.845. The van der Waals surface area contributed by atoms with E-state index in [1.54, 1.807) is 35.5 Å². The van der Waals surface area contributed by atoms with Crippen molar-refractivity contribution in [1.82, 2.24) is 14.9 Å². The molecule has 0 saturated heterocycles. The molecule has 1 aliphatic heterocycles. The Morgan fingerprint density at radius 1 is 1.08 bits per heavy atom. The summed E-state index contributed by atoms with van der Waals surface area (Å²) in [4.78, 5) is 33.8. The van der Waals surface area contributed by atoms with Crippen LogP contribution in [0, 0.1) is 5.41 Å². The minimum Gasteiger partial charge on any atom is -0.491 e. The number of fused-ring (bicyclic) bond motifs is 2. The van der Waals surface area contributed by atoms with Crippen molar-refractivity contribution in [3.63, 3.8) is 0 Å². The number of benzene rings is 3. The van der Waals surface area contributed by atoms with Crippen LogP contribution in [-0.2, 0) is 11.3 Å². The molecule has 2 heterocycles. The number of amides is 2. The van der Waals surface area contributed by atoms with Crippen LogP contribution in [0.3, 0.4) is 0 Å². The fourth-order valence-corrected chi connectivity index (χ4v) is 4.50. The molecule has 202 valence electrons. The van der Waals surface area contributed by atoms with Crippen LogP contribution in [0.1, 0.15) is 36.7 Å². The van der Waals surface area contributed by atoms with Crippen molar-refractivity contribution in [3.05, 3.63) is 78.1 Å². The third-order valence-corrected chi connectivity index (χ3v) is 6.80. The number of carbonyl (C=O) groups excluding carboxylic acids is 2. The number of aromatic amines is 1. The molecule has 2 amide bonds. The number of imidazole rings is 1. The molecule has 0 aliphatic carbocycles. The fraction of sp³-hybridized carbons (Fsp3) is 0.300. The molecule has 5 rings (SSSR count). The number of aromatic nitrogens is 2. The molecular formula is C30H32N4O5. The van der Waals surface area contributed by atoms with Crippen molar-refractivity contribution in [2.45, 2.75) is 33.4 Å². The highest BCUT2D eigenvalue weighted by Crippen LogP contribution is 2.31. The van der Waals surface area contributed by atoms with Gasteiger partial charge in [-0.3, -0.25) is 4.79 Å². The van der Waals surface area contributed by atoms with E-state index in [0.29, 0.717) is 31.0 Å². The predicted molar refractivity (Wildman–Crippen MR) is 148 cm³/mol. The van der Waals surface area contributed by atoms with Crippen LogP contribution < -0.4 is 15.2 Å². The number of carbonyl (C=O) groups is 2. The molecule has 0 saturated carbocycles. The van der Waals surface area contributed by atoms with Gasteiger partial charge >= 0.3 is 6.09 Å². The summed E-state index contributed by atoms with van der Waals surface area (Å²) in [6.45, 7) is 7.30. The zero-order chi connectivity index (χ0) is 27.6. The van der Waals surface area contributed by atoms with Crippen molar-refractivity contribution in [1.29, 1.82) is 0 Å². The summed E-state index contributed by atoms with van der Waals surface area (Å²) >= 11 is 0. The Morgan fingerprint density at radius 3 is 2.56 bits per heavy atom. The second-order valence-corrected chi connectivity index (χ2v) is 10.7. The molecule has 9 heteroatoms. The van der Waals surface area contributed by atoms with Gasteiger partial charge in [-0.05, 0) is 59.7 Å². The molecule has 0 radical (unpaired) electrons. The Morgan fingerprint density at radius 2 is 1.82 bits per heavy atom. The van der Waals surface area contributed by atoms with E-state index in [0.717, 1.165) is 33.5 Å². The molecule has 3 N–H and O–H groups in total. The first-order valence-corrected chi connectivity index (χ1v) is 12.8. The van der Waals surface area contributed by atoms with Crippen LogP contribution in [0.4, 0.5) is 4.79 Å². The molecule has 0 spiro atoms. The summed E-state index contributed by atoms with van der Waals surface area (Å²) in [5.41, 5.74) is 10.3. The lowest BCUT2D eigenvalue weighted by Crippen LogP contribution is -2.38. The zero-order valence-electron chi connectivity index (χ0n) is 22.3.